The molecule has 12 heavy (non-hydrogen) atoms. The fourth-order valence-electron chi connectivity index (χ4n) is 0.961. The second-order valence-corrected chi connectivity index (χ2v) is 2.40. The Morgan fingerprint density at radius 1 is 1.08 bits per heavy atom. The fourth-order valence-corrected chi connectivity index (χ4v) is 0.961. The second-order valence-electron chi connectivity index (χ2n) is 2.40. The van der Waals surface area contributed by atoms with E-state index < -0.39 is 0 Å². The summed E-state index contributed by atoms with van der Waals surface area (Å²) in [7, 11) is 0. The predicted molar refractivity (Wildman–Crippen MR) is 40.6 cm³/mol. The molecule has 1 aromatic rings. The van der Waals surface area contributed by atoms with Crippen LogP contribution in [0.4, 0.5) is 0 Å². The van der Waals surface area contributed by atoms with Gasteiger partial charge < -0.3 is 24.8 Å². The van der Waals surface area contributed by atoms with Gasteiger partial charge >= 0.3 is 25.8 Å². The predicted octanol–water partition coefficient (Wildman–Crippen LogP) is -3.25. The van der Waals surface area contributed by atoms with Crippen molar-refractivity contribution in [3.8, 4) is 0 Å². The summed E-state index contributed by atoms with van der Waals surface area (Å²) >= 11 is 0. The minimum atomic E-state index is 0. The van der Waals surface area contributed by atoms with E-state index in [4.69, 9.17) is 0 Å². The largest absolute Gasteiger partial charge is 3.00 e. The van der Waals surface area contributed by atoms with E-state index >= 15 is 0 Å². The Hall–Kier alpha value is 0.800. The Labute approximate surface area is 106 Å². The number of hydrogen-bond donors (Lipinski definition) is 0. The molecule has 0 atom stereocenters. The van der Waals surface area contributed by atoms with Crippen molar-refractivity contribution in [2.45, 2.75) is 26.2 Å². The second kappa shape index (κ2) is 11.8. The van der Waals surface area contributed by atoms with E-state index in [0.717, 1.165) is 0 Å². The molecule has 0 aromatic heterocycles. The van der Waals surface area contributed by atoms with E-state index in [2.05, 4.69) is 31.2 Å². The van der Waals surface area contributed by atoms with Gasteiger partial charge in [0, 0.05) is 0 Å². The first kappa shape index (κ1) is 18.6. The summed E-state index contributed by atoms with van der Waals surface area (Å²) in [6.45, 7) is 2.23. The van der Waals surface area contributed by atoms with Crippen LogP contribution in [0.2, 0.25) is 0 Å². The monoisotopic (exact) mass is 236 g/mol. The minimum Gasteiger partial charge on any atom is -1.00 e. The third-order valence-corrected chi connectivity index (χ3v) is 1.55. The van der Waals surface area contributed by atoms with Crippen LogP contribution in [-0.2, 0) is 32.3 Å². The Kier molecular flexibility index (Phi) is 18.2. The summed E-state index contributed by atoms with van der Waals surface area (Å²) in [5, 5.41) is 0. The molecule has 0 aliphatic rings. The molecule has 0 fully saturated rings. The fraction of sp³-hybridized carbons (Fsp3) is 0.444. The Morgan fingerprint density at radius 3 is 2.00 bits per heavy atom. The van der Waals surface area contributed by atoms with Crippen LogP contribution < -0.4 is 24.8 Å². The summed E-state index contributed by atoms with van der Waals surface area (Å²) < 4.78 is 0. The number of unbranched alkanes of at least 4 members (excludes halogenated alkanes) is 1. The third-order valence-electron chi connectivity index (χ3n) is 1.55. The first-order chi connectivity index (χ1) is 4.43. The van der Waals surface area contributed by atoms with Gasteiger partial charge in [0.25, 0.3) is 0 Å². The Morgan fingerprint density at radius 2 is 1.58 bits per heavy atom. The van der Waals surface area contributed by atoms with Crippen molar-refractivity contribution in [3.63, 3.8) is 0 Å². The van der Waals surface area contributed by atoms with Crippen LogP contribution in [0.1, 0.15) is 25.3 Å². The molecule has 0 spiro atoms. The van der Waals surface area contributed by atoms with Gasteiger partial charge in [0.05, 0.1) is 0 Å². The molecular weight excluding hydrogens is 224 g/mol. The topological polar surface area (TPSA) is 0 Å². The maximum Gasteiger partial charge on any atom is 3.00 e. The van der Waals surface area contributed by atoms with E-state index in [-0.39, 0.29) is 50.7 Å². The van der Waals surface area contributed by atoms with Crippen molar-refractivity contribution in [2.24, 2.45) is 0 Å². The number of halogens is 2. The normalized spacial score (nSPS) is 7.42. The van der Waals surface area contributed by atoms with Crippen molar-refractivity contribution in [3.05, 3.63) is 29.8 Å². The molecule has 0 aliphatic carbocycles. The quantitative estimate of drug-likeness (QED) is 0.484. The van der Waals surface area contributed by atoms with Crippen molar-refractivity contribution < 1.29 is 50.7 Å². The van der Waals surface area contributed by atoms with Crippen molar-refractivity contribution in [1.29, 1.82) is 0 Å². The molecule has 66 valence electrons. The van der Waals surface area contributed by atoms with Crippen molar-refractivity contribution >= 4 is 0 Å². The van der Waals surface area contributed by atoms with E-state index in [1.54, 1.807) is 0 Å². The number of rotatable bonds is 3. The average molecular weight is 237 g/mol. The van der Waals surface area contributed by atoms with Crippen LogP contribution in [0, 0.1) is 0 Å². The zero-order chi connectivity index (χ0) is 6.53. The van der Waals surface area contributed by atoms with Gasteiger partial charge in [-0.25, -0.2) is 12.1 Å². The molecule has 1 aromatic carbocycles. The first-order valence-corrected chi connectivity index (χ1v) is 3.64. The molecule has 0 heterocycles. The van der Waals surface area contributed by atoms with Crippen LogP contribution in [0.3, 0.4) is 0 Å². The van der Waals surface area contributed by atoms with Crippen LogP contribution in [-0.4, -0.2) is 0 Å². The standard InChI is InChI=1S/C9H13.2ClH.Sc/c1-2-3-6-9-7-4-5-8-9;;;/h4-5,7-8H,2-3,6H2,1H3;2*1H;/q-1;;;+3/p-2. The molecule has 0 radical (unpaired) electrons. The number of aryl methyl sites for hydroxylation is 1. The SMILES string of the molecule is CCCC[c-]1cccc1.[Cl-].[Cl-].[Sc+3]. The van der Waals surface area contributed by atoms with Gasteiger partial charge in [-0.15, -0.1) is 0 Å². The van der Waals surface area contributed by atoms with E-state index in [0.29, 0.717) is 0 Å². The van der Waals surface area contributed by atoms with Crippen LogP contribution >= 0.6 is 0 Å². The van der Waals surface area contributed by atoms with Crippen LogP contribution in [0.15, 0.2) is 24.3 Å². The van der Waals surface area contributed by atoms with Crippen molar-refractivity contribution in [2.75, 3.05) is 0 Å². The molecule has 1 rings (SSSR count). The maximum absolute atomic E-state index is 2.23. The van der Waals surface area contributed by atoms with Gasteiger partial charge in [-0.2, -0.15) is 17.7 Å². The molecule has 0 saturated heterocycles. The molecular formula is C9H13Cl2Sc. The van der Waals surface area contributed by atoms with E-state index in [9.17, 15) is 0 Å². The zero-order valence-corrected chi connectivity index (χ0v) is 10.6. The van der Waals surface area contributed by atoms with Crippen LogP contribution in [0.5, 0.6) is 0 Å². The molecule has 0 amide bonds. The Bertz CT molecular complexity index is 150. The van der Waals surface area contributed by atoms with E-state index in [1.807, 2.05) is 0 Å². The van der Waals surface area contributed by atoms with E-state index in [1.165, 1.54) is 24.8 Å². The molecule has 0 nitrogen and oxygen atoms in total. The van der Waals surface area contributed by atoms with Gasteiger partial charge in [0.1, 0.15) is 0 Å². The molecule has 0 bridgehead atoms. The van der Waals surface area contributed by atoms with Gasteiger partial charge in [-0.05, 0) is 0 Å². The average Bonchev–Trinajstić information content (AvgIpc) is 2.34. The van der Waals surface area contributed by atoms with Gasteiger partial charge in [-0.1, -0.05) is 26.2 Å². The van der Waals surface area contributed by atoms with Gasteiger partial charge in [-0.3, -0.25) is 0 Å². The summed E-state index contributed by atoms with van der Waals surface area (Å²) in [6, 6.07) is 8.58. The molecule has 0 N–H and O–H groups in total. The molecule has 0 unspecified atom stereocenters. The minimum absolute atomic E-state index is 0. The summed E-state index contributed by atoms with van der Waals surface area (Å²) in [6.07, 6.45) is 3.87. The first-order valence-electron chi connectivity index (χ1n) is 3.64. The third kappa shape index (κ3) is 7.45. The van der Waals surface area contributed by atoms with Crippen LogP contribution in [0.25, 0.3) is 0 Å². The number of hydrogen-bond acceptors (Lipinski definition) is 0. The zero-order valence-electron chi connectivity index (χ0n) is 7.26. The van der Waals surface area contributed by atoms with Crippen molar-refractivity contribution in [1.82, 2.24) is 0 Å². The summed E-state index contributed by atoms with van der Waals surface area (Å²) in [5.41, 5.74) is 1.48. The van der Waals surface area contributed by atoms with Gasteiger partial charge in [0.15, 0.2) is 0 Å². The molecule has 3 heteroatoms. The maximum atomic E-state index is 2.23. The summed E-state index contributed by atoms with van der Waals surface area (Å²) in [4.78, 5) is 0. The summed E-state index contributed by atoms with van der Waals surface area (Å²) in [5.74, 6) is 0. The van der Waals surface area contributed by atoms with Gasteiger partial charge in [0.2, 0.25) is 0 Å². The smallest absolute Gasteiger partial charge is 1.00 e. The molecule has 0 saturated carbocycles. The Balaban J connectivity index is -0.000000270. The molecule has 0 aliphatic heterocycles.